The van der Waals surface area contributed by atoms with E-state index in [4.69, 9.17) is 9.15 Å². The number of ether oxygens (including phenoxy) is 1. The largest absolute Gasteiger partial charge is 0.488 e. The zero-order valence-corrected chi connectivity index (χ0v) is 18.6. The fourth-order valence-electron chi connectivity index (χ4n) is 4.03. The number of hydrogen-bond donors (Lipinski definition) is 0. The quantitative estimate of drug-likeness (QED) is 0.323. The molecule has 0 atom stereocenters. The molecule has 0 aliphatic heterocycles. The second-order valence-corrected chi connectivity index (χ2v) is 7.96. The van der Waals surface area contributed by atoms with E-state index in [0.717, 1.165) is 34.5 Å². The lowest BCUT2D eigenvalue weighted by atomic mass is 10.0. The van der Waals surface area contributed by atoms with Crippen LogP contribution in [-0.4, -0.2) is 9.78 Å². The molecule has 2 heterocycles. The first-order valence-corrected chi connectivity index (χ1v) is 11.0. The minimum atomic E-state index is -0.0642. The first-order chi connectivity index (χ1) is 16.1. The molecule has 0 fully saturated rings. The molecule has 2 aromatic heterocycles. The summed E-state index contributed by atoms with van der Waals surface area (Å²) in [4.78, 5) is 13.5. The van der Waals surface area contributed by atoms with Gasteiger partial charge >= 0.3 is 0 Å². The summed E-state index contributed by atoms with van der Waals surface area (Å²) in [5.74, 6) is 1.29. The number of rotatable bonds is 6. The first kappa shape index (κ1) is 20.8. The van der Waals surface area contributed by atoms with Crippen LogP contribution in [0.1, 0.15) is 23.8 Å². The van der Waals surface area contributed by atoms with E-state index in [1.807, 2.05) is 85.9 Å². The fourth-order valence-corrected chi connectivity index (χ4v) is 4.03. The Morgan fingerprint density at radius 2 is 1.73 bits per heavy atom. The predicted octanol–water partition coefficient (Wildman–Crippen LogP) is 6.10. The highest BCUT2D eigenvalue weighted by Gasteiger charge is 2.18. The van der Waals surface area contributed by atoms with Crippen molar-refractivity contribution in [3.05, 3.63) is 112 Å². The summed E-state index contributed by atoms with van der Waals surface area (Å²) in [5.41, 5.74) is 4.71. The van der Waals surface area contributed by atoms with Gasteiger partial charge in [0.2, 0.25) is 5.43 Å². The SMILES string of the molecule is CCc1cc2c(=O)c(-c3cnn(-c4ccccc4)c3)c(C)oc2cc1OCc1ccccc1. The summed E-state index contributed by atoms with van der Waals surface area (Å²) in [6, 6.07) is 23.6. The summed E-state index contributed by atoms with van der Waals surface area (Å²) in [5, 5.41) is 4.99. The number of hydrogen-bond acceptors (Lipinski definition) is 4. The van der Waals surface area contributed by atoms with Gasteiger partial charge < -0.3 is 9.15 Å². The molecule has 5 rings (SSSR count). The highest BCUT2D eigenvalue weighted by atomic mass is 16.5. The van der Waals surface area contributed by atoms with Crippen molar-refractivity contribution in [3.8, 4) is 22.6 Å². The van der Waals surface area contributed by atoms with Gasteiger partial charge in [-0.05, 0) is 42.7 Å². The molecule has 0 aliphatic carbocycles. The van der Waals surface area contributed by atoms with E-state index in [9.17, 15) is 4.79 Å². The van der Waals surface area contributed by atoms with Gasteiger partial charge in [0, 0.05) is 17.8 Å². The molecule has 5 heteroatoms. The third kappa shape index (κ3) is 4.05. The molecule has 0 unspecified atom stereocenters. The Morgan fingerprint density at radius 1 is 1.00 bits per heavy atom. The van der Waals surface area contributed by atoms with Crippen molar-refractivity contribution in [2.45, 2.75) is 26.9 Å². The van der Waals surface area contributed by atoms with Gasteiger partial charge in [0.1, 0.15) is 23.7 Å². The van der Waals surface area contributed by atoms with Crippen LogP contribution < -0.4 is 10.2 Å². The van der Waals surface area contributed by atoms with Gasteiger partial charge in [-0.3, -0.25) is 4.79 Å². The van der Waals surface area contributed by atoms with Crippen molar-refractivity contribution in [2.75, 3.05) is 0 Å². The highest BCUT2D eigenvalue weighted by Crippen LogP contribution is 2.30. The lowest BCUT2D eigenvalue weighted by Crippen LogP contribution is -2.08. The molecule has 0 saturated heterocycles. The van der Waals surface area contributed by atoms with Crippen molar-refractivity contribution in [1.82, 2.24) is 9.78 Å². The molecule has 0 bridgehead atoms. The third-order valence-corrected chi connectivity index (χ3v) is 5.76. The number of nitrogens with zero attached hydrogens (tertiary/aromatic N) is 2. The second-order valence-electron chi connectivity index (χ2n) is 7.96. The molecule has 3 aromatic carbocycles. The van der Waals surface area contributed by atoms with Crippen LogP contribution in [0.2, 0.25) is 0 Å². The van der Waals surface area contributed by atoms with Crippen molar-refractivity contribution in [1.29, 1.82) is 0 Å². The van der Waals surface area contributed by atoms with E-state index >= 15 is 0 Å². The maximum absolute atomic E-state index is 13.5. The molecule has 5 aromatic rings. The van der Waals surface area contributed by atoms with Gasteiger partial charge in [-0.15, -0.1) is 0 Å². The molecular formula is C28H24N2O3. The smallest absolute Gasteiger partial charge is 0.200 e. The summed E-state index contributed by atoms with van der Waals surface area (Å²) >= 11 is 0. The average molecular weight is 437 g/mol. The van der Waals surface area contributed by atoms with E-state index in [1.54, 1.807) is 10.9 Å². The molecule has 0 spiro atoms. The summed E-state index contributed by atoms with van der Waals surface area (Å²) < 4.78 is 14.0. The topological polar surface area (TPSA) is 57.3 Å². The summed E-state index contributed by atoms with van der Waals surface area (Å²) in [6.07, 6.45) is 4.31. The molecule has 164 valence electrons. The van der Waals surface area contributed by atoms with Gasteiger partial charge in [-0.1, -0.05) is 55.5 Å². The number of aryl methyl sites for hydroxylation is 2. The van der Waals surface area contributed by atoms with Crippen LogP contribution >= 0.6 is 0 Å². The Balaban J connectivity index is 1.55. The van der Waals surface area contributed by atoms with E-state index in [-0.39, 0.29) is 5.43 Å². The zero-order valence-electron chi connectivity index (χ0n) is 18.6. The first-order valence-electron chi connectivity index (χ1n) is 11.0. The second kappa shape index (κ2) is 8.79. The van der Waals surface area contributed by atoms with E-state index in [1.165, 1.54) is 0 Å². The summed E-state index contributed by atoms with van der Waals surface area (Å²) in [6.45, 7) is 4.32. The average Bonchev–Trinajstić information content (AvgIpc) is 3.33. The molecule has 5 nitrogen and oxygen atoms in total. The number of fused-ring (bicyclic) bond motifs is 1. The van der Waals surface area contributed by atoms with Crippen LogP contribution in [-0.2, 0) is 13.0 Å². The Bertz CT molecular complexity index is 1470. The van der Waals surface area contributed by atoms with Gasteiger partial charge in [-0.2, -0.15) is 5.10 Å². The van der Waals surface area contributed by atoms with Crippen molar-refractivity contribution in [2.24, 2.45) is 0 Å². The third-order valence-electron chi connectivity index (χ3n) is 5.76. The van der Waals surface area contributed by atoms with Crippen molar-refractivity contribution < 1.29 is 9.15 Å². The summed E-state index contributed by atoms with van der Waals surface area (Å²) in [7, 11) is 0. The number of aromatic nitrogens is 2. The Hall–Kier alpha value is -4.12. The molecular weight excluding hydrogens is 412 g/mol. The van der Waals surface area contributed by atoms with Crippen LogP contribution in [0.25, 0.3) is 27.8 Å². The standard InChI is InChI=1S/C28H24N2O3/c1-3-21-14-24-26(15-25(21)32-18-20-10-6-4-7-11-20)33-19(2)27(28(24)31)22-16-29-30(17-22)23-12-8-5-9-13-23/h4-17H,3,18H2,1-2H3. The Kier molecular flexibility index (Phi) is 5.53. The van der Waals surface area contributed by atoms with Crippen LogP contribution in [0.3, 0.4) is 0 Å². The van der Waals surface area contributed by atoms with Gasteiger partial charge in [0.25, 0.3) is 0 Å². The van der Waals surface area contributed by atoms with Crippen LogP contribution in [0, 0.1) is 6.92 Å². The fraction of sp³-hybridized carbons (Fsp3) is 0.143. The van der Waals surface area contributed by atoms with E-state index in [0.29, 0.717) is 28.9 Å². The Labute approximate surface area is 191 Å². The Morgan fingerprint density at radius 3 is 2.45 bits per heavy atom. The zero-order chi connectivity index (χ0) is 22.8. The highest BCUT2D eigenvalue weighted by molar-refractivity contribution is 5.84. The normalized spacial score (nSPS) is 11.1. The van der Waals surface area contributed by atoms with Gasteiger partial charge in [-0.25, -0.2) is 4.68 Å². The minimum absolute atomic E-state index is 0.0642. The van der Waals surface area contributed by atoms with Gasteiger partial charge in [0.15, 0.2) is 0 Å². The minimum Gasteiger partial charge on any atom is -0.488 e. The number of benzene rings is 3. The van der Waals surface area contributed by atoms with Gasteiger partial charge in [0.05, 0.1) is 22.8 Å². The van der Waals surface area contributed by atoms with Crippen LogP contribution in [0.15, 0.2) is 94.4 Å². The molecule has 33 heavy (non-hydrogen) atoms. The van der Waals surface area contributed by atoms with E-state index < -0.39 is 0 Å². The predicted molar refractivity (Wildman–Crippen MR) is 130 cm³/mol. The van der Waals surface area contributed by atoms with Crippen LogP contribution in [0.5, 0.6) is 5.75 Å². The van der Waals surface area contributed by atoms with Crippen LogP contribution in [0.4, 0.5) is 0 Å². The number of para-hydroxylation sites is 1. The van der Waals surface area contributed by atoms with Crippen molar-refractivity contribution >= 4 is 11.0 Å². The molecule has 0 saturated carbocycles. The maximum atomic E-state index is 13.5. The van der Waals surface area contributed by atoms with Crippen molar-refractivity contribution in [3.63, 3.8) is 0 Å². The maximum Gasteiger partial charge on any atom is 0.200 e. The molecule has 0 radical (unpaired) electrons. The van der Waals surface area contributed by atoms with E-state index in [2.05, 4.69) is 12.0 Å². The lowest BCUT2D eigenvalue weighted by Gasteiger charge is -2.13. The monoisotopic (exact) mass is 436 g/mol. The molecule has 0 N–H and O–H groups in total. The lowest BCUT2D eigenvalue weighted by molar-refractivity contribution is 0.303. The molecule has 0 amide bonds. The molecule has 0 aliphatic rings.